The van der Waals surface area contributed by atoms with Crippen molar-refractivity contribution in [2.75, 3.05) is 6.26 Å². The van der Waals surface area contributed by atoms with E-state index in [-0.39, 0.29) is 5.57 Å². The van der Waals surface area contributed by atoms with Gasteiger partial charge in [-0.3, -0.25) is 10.1 Å². The highest BCUT2D eigenvalue weighted by molar-refractivity contribution is 7.92. The minimum atomic E-state index is -3.96. The molecule has 0 saturated heterocycles. The van der Waals surface area contributed by atoms with Crippen LogP contribution in [0.4, 0.5) is 0 Å². The Labute approximate surface area is 91.1 Å². The van der Waals surface area contributed by atoms with Crippen LogP contribution in [0.1, 0.15) is 6.42 Å². The van der Waals surface area contributed by atoms with Crippen LogP contribution in [0.2, 0.25) is 0 Å². The van der Waals surface area contributed by atoms with Crippen LogP contribution < -0.4 is 0 Å². The molecule has 8 heteroatoms. The largest absolute Gasteiger partial charge is 0.478 e. The molecule has 7 nitrogen and oxygen atoms in total. The maximum atomic E-state index is 11.4. The summed E-state index contributed by atoms with van der Waals surface area (Å²) in [5.41, 5.74) is -0.152. The molecule has 0 amide bonds. The van der Waals surface area contributed by atoms with E-state index in [1.807, 2.05) is 0 Å². The quantitative estimate of drug-likeness (QED) is 0.553. The molecule has 0 aromatic heterocycles. The number of carboxylic acid groups (broad SMARTS) is 1. The molecule has 16 heavy (non-hydrogen) atoms. The third-order valence-electron chi connectivity index (χ3n) is 2.34. The zero-order chi connectivity index (χ0) is 12.6. The zero-order valence-electron chi connectivity index (χ0n) is 8.28. The summed E-state index contributed by atoms with van der Waals surface area (Å²) in [5.74, 6) is -1.25. The molecule has 0 saturated carbocycles. The lowest BCUT2D eigenvalue weighted by molar-refractivity contribution is -0.526. The second-order valence-electron chi connectivity index (χ2n) is 3.38. The van der Waals surface area contributed by atoms with Gasteiger partial charge < -0.3 is 5.11 Å². The van der Waals surface area contributed by atoms with Crippen LogP contribution in [0, 0.1) is 10.1 Å². The maximum Gasteiger partial charge on any atom is 0.340 e. The third kappa shape index (κ3) is 1.83. The van der Waals surface area contributed by atoms with Gasteiger partial charge in [-0.2, -0.15) is 0 Å². The number of carboxylic acids is 1. The van der Waals surface area contributed by atoms with Crippen LogP contribution in [0.15, 0.2) is 23.8 Å². The first-order chi connectivity index (χ1) is 7.21. The van der Waals surface area contributed by atoms with Gasteiger partial charge in [-0.1, -0.05) is 6.08 Å². The summed E-state index contributed by atoms with van der Waals surface area (Å²) in [6.07, 6.45) is 3.06. The van der Waals surface area contributed by atoms with Gasteiger partial charge in [0.1, 0.15) is 0 Å². The molecule has 1 aliphatic rings. The van der Waals surface area contributed by atoms with Crippen LogP contribution in [0.5, 0.6) is 0 Å². The molecule has 88 valence electrons. The van der Waals surface area contributed by atoms with Gasteiger partial charge in [0.2, 0.25) is 9.84 Å². The Morgan fingerprint density at radius 2 is 2.19 bits per heavy atom. The summed E-state index contributed by atoms with van der Waals surface area (Å²) in [7, 11) is -3.96. The Morgan fingerprint density at radius 1 is 1.62 bits per heavy atom. The van der Waals surface area contributed by atoms with Gasteiger partial charge in [0.25, 0.3) is 0 Å². The predicted molar refractivity (Wildman–Crippen MR) is 54.0 cm³/mol. The Morgan fingerprint density at radius 3 is 2.44 bits per heavy atom. The van der Waals surface area contributed by atoms with Crippen LogP contribution >= 0.6 is 0 Å². The fraction of sp³-hybridized carbons (Fsp3) is 0.375. The lowest BCUT2D eigenvalue weighted by Crippen LogP contribution is -2.44. The maximum absolute atomic E-state index is 11.4. The topological polar surface area (TPSA) is 115 Å². The number of carbonyl (C=O) groups is 1. The van der Waals surface area contributed by atoms with E-state index < -0.39 is 32.0 Å². The second-order valence-corrected chi connectivity index (χ2v) is 5.63. The number of nitro groups is 1. The molecule has 0 radical (unpaired) electrons. The van der Waals surface area contributed by atoms with E-state index in [1.54, 1.807) is 0 Å². The van der Waals surface area contributed by atoms with Crippen molar-refractivity contribution < 1.29 is 23.2 Å². The number of hydrogen-bond acceptors (Lipinski definition) is 5. The van der Waals surface area contributed by atoms with E-state index in [4.69, 9.17) is 5.11 Å². The number of rotatable bonds is 3. The summed E-state index contributed by atoms with van der Waals surface area (Å²) in [5, 5.41) is 19.4. The van der Waals surface area contributed by atoms with E-state index in [1.165, 1.54) is 0 Å². The van der Waals surface area contributed by atoms with E-state index >= 15 is 0 Å². The minimum absolute atomic E-state index is 0.152. The van der Waals surface area contributed by atoms with Gasteiger partial charge in [0.05, 0.1) is 12.0 Å². The monoisotopic (exact) mass is 247 g/mol. The summed E-state index contributed by atoms with van der Waals surface area (Å²) in [6, 6.07) is 0. The molecule has 0 bridgehead atoms. The first-order valence-electron chi connectivity index (χ1n) is 4.17. The van der Waals surface area contributed by atoms with Gasteiger partial charge in [-0.25, -0.2) is 13.2 Å². The van der Waals surface area contributed by atoms with E-state index in [0.29, 0.717) is 0 Å². The Hall–Kier alpha value is -1.70. The smallest absolute Gasteiger partial charge is 0.340 e. The van der Waals surface area contributed by atoms with Crippen molar-refractivity contribution in [3.05, 3.63) is 33.9 Å². The third-order valence-corrected chi connectivity index (χ3v) is 4.07. The highest BCUT2D eigenvalue weighted by Gasteiger charge is 2.51. The Balaban J connectivity index is 3.22. The molecular formula is C8H9NO6S. The molecule has 1 rings (SSSR count). The van der Waals surface area contributed by atoms with Crippen molar-refractivity contribution in [3.63, 3.8) is 0 Å². The molecule has 0 heterocycles. The molecular weight excluding hydrogens is 238 g/mol. The summed E-state index contributed by atoms with van der Waals surface area (Å²) < 4.78 is 22.7. The summed E-state index contributed by atoms with van der Waals surface area (Å²) in [6.45, 7) is 0. The minimum Gasteiger partial charge on any atom is -0.478 e. The number of aliphatic carboxylic acids is 1. The molecule has 0 aromatic carbocycles. The SMILES string of the molecule is CS(=O)(=O)C1([N+](=O)[O-])C=CC(C(=O)O)=CC1. The molecule has 1 atom stereocenters. The highest BCUT2D eigenvalue weighted by atomic mass is 32.2. The Kier molecular flexibility index (Phi) is 2.87. The molecule has 0 fully saturated rings. The second kappa shape index (κ2) is 3.71. The zero-order valence-corrected chi connectivity index (χ0v) is 9.10. The van der Waals surface area contributed by atoms with Crippen LogP contribution in [0.25, 0.3) is 0 Å². The normalized spacial score (nSPS) is 24.9. The predicted octanol–water partition coefficient (Wildman–Crippen LogP) is -0.0251. The highest BCUT2D eigenvalue weighted by Crippen LogP contribution is 2.29. The molecule has 1 unspecified atom stereocenters. The molecule has 0 aliphatic heterocycles. The fourth-order valence-electron chi connectivity index (χ4n) is 1.32. The van der Waals surface area contributed by atoms with Gasteiger partial charge in [0, 0.05) is 17.3 Å². The first kappa shape index (κ1) is 12.4. The Bertz CT molecular complexity index is 503. The fourth-order valence-corrected chi connectivity index (χ4v) is 2.29. The van der Waals surface area contributed by atoms with Gasteiger partial charge in [-0.05, 0) is 6.08 Å². The summed E-state index contributed by atoms with van der Waals surface area (Å²) in [4.78, 5) is 18.2. The van der Waals surface area contributed by atoms with Crippen molar-refractivity contribution >= 4 is 15.8 Å². The number of sulfone groups is 1. The van der Waals surface area contributed by atoms with Gasteiger partial charge >= 0.3 is 10.8 Å². The molecule has 0 aromatic rings. The van der Waals surface area contributed by atoms with Crippen molar-refractivity contribution in [3.8, 4) is 0 Å². The van der Waals surface area contributed by atoms with Crippen molar-refractivity contribution in [1.29, 1.82) is 0 Å². The molecule has 0 spiro atoms. The number of hydrogen-bond donors (Lipinski definition) is 1. The van der Waals surface area contributed by atoms with Crippen LogP contribution in [-0.2, 0) is 14.6 Å². The van der Waals surface area contributed by atoms with Crippen LogP contribution in [0.3, 0.4) is 0 Å². The van der Waals surface area contributed by atoms with Crippen molar-refractivity contribution in [2.45, 2.75) is 11.3 Å². The standard InChI is InChI=1S/C8H9NO6S/c1-16(14,15)8(9(12)13)4-2-6(3-5-8)7(10)11/h2-4H,5H2,1H3,(H,10,11). The van der Waals surface area contributed by atoms with Crippen molar-refractivity contribution in [1.82, 2.24) is 0 Å². The lowest BCUT2D eigenvalue weighted by Gasteiger charge is -2.21. The first-order valence-corrected chi connectivity index (χ1v) is 6.06. The van der Waals surface area contributed by atoms with Crippen LogP contribution in [-0.4, -0.2) is 35.5 Å². The number of nitrogens with zero attached hydrogens (tertiary/aromatic N) is 1. The van der Waals surface area contributed by atoms with E-state index in [9.17, 15) is 23.3 Å². The lowest BCUT2D eigenvalue weighted by atomic mass is 10.0. The van der Waals surface area contributed by atoms with E-state index in [0.717, 1.165) is 24.5 Å². The average molecular weight is 247 g/mol. The average Bonchev–Trinajstić information content (AvgIpc) is 2.15. The van der Waals surface area contributed by atoms with Gasteiger partial charge in [-0.15, -0.1) is 0 Å². The molecule has 1 aliphatic carbocycles. The van der Waals surface area contributed by atoms with Gasteiger partial charge in [0.15, 0.2) is 0 Å². The summed E-state index contributed by atoms with van der Waals surface area (Å²) >= 11 is 0. The van der Waals surface area contributed by atoms with Crippen molar-refractivity contribution in [2.24, 2.45) is 0 Å². The molecule has 1 N–H and O–H groups in total. The van der Waals surface area contributed by atoms with E-state index in [2.05, 4.69) is 0 Å².